The van der Waals surface area contributed by atoms with Crippen LogP contribution in [0.5, 0.6) is 0 Å². The smallest absolute Gasteiger partial charge is 0.0926 e. The highest BCUT2D eigenvalue weighted by Gasteiger charge is 2.09. The number of benzene rings is 1. The van der Waals surface area contributed by atoms with Gasteiger partial charge in [-0.05, 0) is 30.8 Å². The van der Waals surface area contributed by atoms with Crippen LogP contribution >= 0.6 is 0 Å². The van der Waals surface area contributed by atoms with E-state index in [-0.39, 0.29) is 0 Å². The van der Waals surface area contributed by atoms with Gasteiger partial charge in [0.05, 0.1) is 11.4 Å². The van der Waals surface area contributed by atoms with Crippen LogP contribution in [0.15, 0.2) is 47.1 Å². The van der Waals surface area contributed by atoms with E-state index in [4.69, 9.17) is 5.73 Å². The van der Waals surface area contributed by atoms with Crippen molar-refractivity contribution in [1.29, 1.82) is 0 Å². The van der Waals surface area contributed by atoms with Crippen molar-refractivity contribution in [1.82, 2.24) is 0 Å². The van der Waals surface area contributed by atoms with Crippen LogP contribution in [0, 0.1) is 6.92 Å². The van der Waals surface area contributed by atoms with Crippen molar-refractivity contribution >= 4 is 18.5 Å². The predicted molar refractivity (Wildman–Crippen MR) is 70.0 cm³/mol. The normalized spacial score (nSPS) is 22.8. The monoisotopic (exact) mass is 210 g/mol. The summed E-state index contributed by atoms with van der Waals surface area (Å²) in [5.74, 6) is 0. The molecular formula is C14H14N2. The Morgan fingerprint density at radius 3 is 2.69 bits per heavy atom. The molecule has 0 aliphatic heterocycles. The third-order valence-corrected chi connectivity index (χ3v) is 2.73. The van der Waals surface area contributed by atoms with Crippen LogP contribution in [0.25, 0.3) is 11.8 Å². The van der Waals surface area contributed by atoms with Crippen molar-refractivity contribution in [3.05, 3.63) is 58.8 Å². The zero-order valence-corrected chi connectivity index (χ0v) is 9.27. The number of nitrogens with zero attached hydrogens (tertiary/aromatic N) is 1. The number of hydrogen-bond donors (Lipinski definition) is 1. The first-order valence-electron chi connectivity index (χ1n) is 5.15. The fourth-order valence-corrected chi connectivity index (χ4v) is 1.82. The molecular weight excluding hydrogens is 196 g/mol. The average Bonchev–Trinajstić information content (AvgIpc) is 2.31. The lowest BCUT2D eigenvalue weighted by molar-refractivity contribution is 1.33. The fourth-order valence-electron chi connectivity index (χ4n) is 1.82. The van der Waals surface area contributed by atoms with Crippen LogP contribution < -0.4 is 5.73 Å². The maximum absolute atomic E-state index is 5.96. The maximum Gasteiger partial charge on any atom is 0.0926 e. The van der Waals surface area contributed by atoms with Crippen LogP contribution in [0.4, 0.5) is 0 Å². The molecule has 1 aromatic carbocycles. The fraction of sp³-hybridized carbons (Fsp3) is 0.0714. The van der Waals surface area contributed by atoms with Gasteiger partial charge in [0.2, 0.25) is 0 Å². The second-order valence-corrected chi connectivity index (χ2v) is 3.70. The molecule has 0 saturated heterocycles. The van der Waals surface area contributed by atoms with Gasteiger partial charge in [0.1, 0.15) is 0 Å². The Bertz CT molecular complexity index is 520. The van der Waals surface area contributed by atoms with Crippen molar-refractivity contribution in [2.75, 3.05) is 0 Å². The van der Waals surface area contributed by atoms with Crippen molar-refractivity contribution in [2.45, 2.75) is 6.92 Å². The minimum atomic E-state index is 0.641. The van der Waals surface area contributed by atoms with Gasteiger partial charge in [0.15, 0.2) is 0 Å². The van der Waals surface area contributed by atoms with E-state index in [0.717, 1.165) is 11.3 Å². The Hall–Kier alpha value is -2.09. The van der Waals surface area contributed by atoms with Gasteiger partial charge in [-0.15, -0.1) is 0 Å². The summed E-state index contributed by atoms with van der Waals surface area (Å²) in [7, 11) is 0. The van der Waals surface area contributed by atoms with Gasteiger partial charge >= 0.3 is 0 Å². The Balaban J connectivity index is 2.79. The van der Waals surface area contributed by atoms with E-state index in [1.54, 1.807) is 0 Å². The number of fused-ring (bicyclic) bond motifs is 2. The molecule has 0 fully saturated rings. The summed E-state index contributed by atoms with van der Waals surface area (Å²) >= 11 is 0. The van der Waals surface area contributed by atoms with Gasteiger partial charge in [-0.2, -0.15) is 0 Å². The third-order valence-electron chi connectivity index (χ3n) is 2.73. The van der Waals surface area contributed by atoms with E-state index in [1.165, 1.54) is 11.1 Å². The number of nitrogens with two attached hydrogens (primary N) is 1. The Morgan fingerprint density at radius 1 is 1.19 bits per heavy atom. The quantitative estimate of drug-likeness (QED) is 0.711. The topological polar surface area (TPSA) is 38.4 Å². The number of hydrogen-bond acceptors (Lipinski definition) is 2. The van der Waals surface area contributed by atoms with Gasteiger partial charge in [-0.3, -0.25) is 4.99 Å². The summed E-state index contributed by atoms with van der Waals surface area (Å²) in [6.45, 7) is 5.66. The Kier molecular flexibility index (Phi) is 2.73. The molecule has 2 heteroatoms. The second-order valence-electron chi connectivity index (χ2n) is 3.70. The number of aliphatic imine (C=N–C) groups is 1. The minimum Gasteiger partial charge on any atom is -0.397 e. The molecule has 2 nitrogen and oxygen atoms in total. The third kappa shape index (κ3) is 1.70. The van der Waals surface area contributed by atoms with Gasteiger partial charge in [-0.1, -0.05) is 36.4 Å². The van der Waals surface area contributed by atoms with E-state index < -0.39 is 0 Å². The highest BCUT2D eigenvalue weighted by Crippen LogP contribution is 2.26. The van der Waals surface area contributed by atoms with Crippen LogP contribution in [0.3, 0.4) is 0 Å². The van der Waals surface area contributed by atoms with Gasteiger partial charge < -0.3 is 5.73 Å². The summed E-state index contributed by atoms with van der Waals surface area (Å²) in [5.41, 5.74) is 10.7. The lowest BCUT2D eigenvalue weighted by atomic mass is 9.99. The van der Waals surface area contributed by atoms with Gasteiger partial charge in [0, 0.05) is 5.56 Å². The van der Waals surface area contributed by atoms with E-state index in [9.17, 15) is 0 Å². The number of allylic oxidation sites excluding steroid dienone is 3. The molecule has 2 rings (SSSR count). The molecule has 1 aromatic rings. The molecule has 0 unspecified atom stereocenters. The average molecular weight is 210 g/mol. The summed E-state index contributed by atoms with van der Waals surface area (Å²) in [4.78, 5) is 4.03. The highest BCUT2D eigenvalue weighted by molar-refractivity contribution is 5.77. The van der Waals surface area contributed by atoms with E-state index in [2.05, 4.69) is 30.8 Å². The minimum absolute atomic E-state index is 0.641. The summed E-state index contributed by atoms with van der Waals surface area (Å²) in [6.07, 6.45) is 7.80. The Labute approximate surface area is 95.5 Å². The molecule has 0 heterocycles. The highest BCUT2D eigenvalue weighted by atomic mass is 14.8. The zero-order valence-electron chi connectivity index (χ0n) is 9.27. The molecule has 0 saturated carbocycles. The van der Waals surface area contributed by atoms with Crippen molar-refractivity contribution in [3.63, 3.8) is 0 Å². The molecule has 0 spiro atoms. The molecule has 2 N–H and O–H groups in total. The molecule has 0 amide bonds. The summed E-state index contributed by atoms with van der Waals surface area (Å²) in [6, 6.07) is 6.10. The first-order chi connectivity index (χ1) is 7.74. The van der Waals surface area contributed by atoms with Crippen molar-refractivity contribution in [3.8, 4) is 0 Å². The molecule has 0 aromatic heterocycles. The van der Waals surface area contributed by atoms with E-state index >= 15 is 0 Å². The van der Waals surface area contributed by atoms with E-state index in [1.807, 2.05) is 30.4 Å². The van der Waals surface area contributed by atoms with Crippen LogP contribution in [-0.2, 0) is 0 Å². The summed E-state index contributed by atoms with van der Waals surface area (Å²) in [5, 5.41) is 0. The summed E-state index contributed by atoms with van der Waals surface area (Å²) < 4.78 is 0. The molecule has 16 heavy (non-hydrogen) atoms. The van der Waals surface area contributed by atoms with Crippen molar-refractivity contribution < 1.29 is 0 Å². The van der Waals surface area contributed by atoms with Crippen LogP contribution in [-0.4, -0.2) is 6.72 Å². The number of rotatable bonds is 1. The van der Waals surface area contributed by atoms with Gasteiger partial charge in [0.25, 0.3) is 0 Å². The van der Waals surface area contributed by atoms with E-state index in [0.29, 0.717) is 5.70 Å². The molecule has 0 atom stereocenters. The largest absolute Gasteiger partial charge is 0.397 e. The lowest BCUT2D eigenvalue weighted by Crippen LogP contribution is -1.99. The molecule has 80 valence electrons. The Morgan fingerprint density at radius 2 is 1.94 bits per heavy atom. The zero-order chi connectivity index (χ0) is 11.5. The molecule has 1 aliphatic rings. The molecule has 0 radical (unpaired) electrons. The van der Waals surface area contributed by atoms with Crippen molar-refractivity contribution in [2.24, 2.45) is 10.7 Å². The standard InChI is InChI=1S/C14H14N2/c1-10-11-6-3-4-9-13(15)14(16-2)12(10)8-5-7-11/h3-9H,2,15H2,1H3/b6-3-,9-4-,14-13-. The first-order valence-corrected chi connectivity index (χ1v) is 5.15. The lowest BCUT2D eigenvalue weighted by Gasteiger charge is -2.09. The maximum atomic E-state index is 5.96. The van der Waals surface area contributed by atoms with Gasteiger partial charge in [-0.25, -0.2) is 0 Å². The predicted octanol–water partition coefficient (Wildman–Crippen LogP) is 2.91. The first kappa shape index (κ1) is 10.4. The second kappa shape index (κ2) is 4.19. The van der Waals surface area contributed by atoms with Crippen LogP contribution in [0.1, 0.15) is 16.7 Å². The van der Waals surface area contributed by atoms with Crippen LogP contribution in [0.2, 0.25) is 0 Å². The SMILES string of the molecule is C=N/C1=C(N)/C=C\C=C/c2cccc1c2C. The molecule has 1 aliphatic carbocycles. The molecule has 2 bridgehead atoms.